The van der Waals surface area contributed by atoms with Crippen LogP contribution in [-0.4, -0.2) is 44.9 Å². The Labute approximate surface area is 199 Å². The first-order chi connectivity index (χ1) is 15.9. The number of hydrogen-bond acceptors (Lipinski definition) is 4. The summed E-state index contributed by atoms with van der Waals surface area (Å²) in [5, 5.41) is 3.13. The van der Waals surface area contributed by atoms with Crippen LogP contribution in [0.15, 0.2) is 77.7 Å². The zero-order valence-corrected chi connectivity index (χ0v) is 19.8. The highest BCUT2D eigenvalue weighted by molar-refractivity contribution is 7.89. The molecule has 0 saturated carbocycles. The molecule has 1 atom stereocenters. The van der Waals surface area contributed by atoms with Gasteiger partial charge < -0.3 is 10.1 Å². The Morgan fingerprint density at radius 2 is 1.61 bits per heavy atom. The van der Waals surface area contributed by atoms with Gasteiger partial charge in [-0.05, 0) is 36.2 Å². The normalized spacial score (nSPS) is 15.7. The fraction of sp³-hybridized carbons (Fsp3) is 0.240. The molecule has 172 valence electrons. The minimum absolute atomic E-state index is 0.0784. The SMILES string of the molecule is Cc1ccc(C(NC(=O)c2ccc(Cl)c(S(=O)(=O)N3CCOCC3)c2)c2ccccc2)cc1. The maximum absolute atomic E-state index is 13.3. The van der Waals surface area contributed by atoms with E-state index in [4.69, 9.17) is 16.3 Å². The second kappa shape index (κ2) is 10.1. The van der Waals surface area contributed by atoms with Crippen LogP contribution in [0.2, 0.25) is 5.02 Å². The van der Waals surface area contributed by atoms with E-state index in [1.807, 2.05) is 61.5 Å². The lowest BCUT2D eigenvalue weighted by molar-refractivity contribution is 0.0730. The summed E-state index contributed by atoms with van der Waals surface area (Å²) in [6.45, 7) is 3.15. The second-order valence-corrected chi connectivity index (χ2v) is 10.2. The van der Waals surface area contributed by atoms with Gasteiger partial charge in [-0.25, -0.2) is 8.42 Å². The van der Waals surface area contributed by atoms with E-state index in [-0.39, 0.29) is 34.5 Å². The molecule has 3 aromatic carbocycles. The predicted octanol–water partition coefficient (Wildman–Crippen LogP) is 4.19. The summed E-state index contributed by atoms with van der Waals surface area (Å²) >= 11 is 6.25. The first-order valence-corrected chi connectivity index (χ1v) is 12.5. The van der Waals surface area contributed by atoms with Crippen molar-refractivity contribution in [3.05, 3.63) is 100 Å². The van der Waals surface area contributed by atoms with Crippen molar-refractivity contribution >= 4 is 27.5 Å². The zero-order chi connectivity index (χ0) is 23.4. The molecule has 1 aliphatic heterocycles. The Hall–Kier alpha value is -2.71. The molecule has 1 amide bonds. The van der Waals surface area contributed by atoms with Gasteiger partial charge in [0.25, 0.3) is 5.91 Å². The number of nitrogens with one attached hydrogen (secondary N) is 1. The molecule has 1 aliphatic rings. The molecule has 0 aliphatic carbocycles. The number of sulfonamides is 1. The van der Waals surface area contributed by atoms with Crippen LogP contribution in [0, 0.1) is 6.92 Å². The standard InChI is InChI=1S/C25H25ClN2O4S/c1-18-7-9-20(10-8-18)24(19-5-3-2-4-6-19)27-25(29)21-11-12-22(26)23(17-21)33(30,31)28-13-15-32-16-14-28/h2-12,17,24H,13-16H2,1H3,(H,27,29). The number of hydrogen-bond donors (Lipinski definition) is 1. The third-order valence-corrected chi connectivity index (χ3v) is 7.98. The smallest absolute Gasteiger partial charge is 0.252 e. The Balaban J connectivity index is 1.65. The molecule has 1 unspecified atom stereocenters. The lowest BCUT2D eigenvalue weighted by Crippen LogP contribution is -2.40. The number of amides is 1. The maximum atomic E-state index is 13.3. The van der Waals surface area contributed by atoms with E-state index in [0.717, 1.165) is 16.7 Å². The molecule has 1 heterocycles. The lowest BCUT2D eigenvalue weighted by Gasteiger charge is -2.26. The average Bonchev–Trinajstić information content (AvgIpc) is 2.84. The van der Waals surface area contributed by atoms with Gasteiger partial charge in [0, 0.05) is 18.7 Å². The number of morpholine rings is 1. The molecule has 1 saturated heterocycles. The van der Waals surface area contributed by atoms with Crippen molar-refractivity contribution in [2.75, 3.05) is 26.3 Å². The van der Waals surface area contributed by atoms with Crippen LogP contribution in [0.4, 0.5) is 0 Å². The van der Waals surface area contributed by atoms with Crippen LogP contribution in [0.1, 0.15) is 33.1 Å². The number of nitrogens with zero attached hydrogens (tertiary/aromatic N) is 1. The van der Waals surface area contributed by atoms with E-state index in [1.165, 1.54) is 22.5 Å². The zero-order valence-electron chi connectivity index (χ0n) is 18.2. The average molecular weight is 485 g/mol. The summed E-state index contributed by atoms with van der Waals surface area (Å²) in [4.78, 5) is 13.2. The molecule has 1 fully saturated rings. The molecule has 0 bridgehead atoms. The van der Waals surface area contributed by atoms with E-state index in [2.05, 4.69) is 5.32 Å². The molecule has 0 aromatic heterocycles. The van der Waals surface area contributed by atoms with Gasteiger partial charge in [-0.3, -0.25) is 4.79 Å². The lowest BCUT2D eigenvalue weighted by atomic mass is 9.97. The van der Waals surface area contributed by atoms with Gasteiger partial charge in [-0.1, -0.05) is 71.8 Å². The highest BCUT2D eigenvalue weighted by Crippen LogP contribution is 2.28. The summed E-state index contributed by atoms with van der Waals surface area (Å²) in [5.41, 5.74) is 3.19. The third kappa shape index (κ3) is 5.28. The molecule has 4 rings (SSSR count). The van der Waals surface area contributed by atoms with E-state index in [1.54, 1.807) is 0 Å². The fourth-order valence-electron chi connectivity index (χ4n) is 3.75. The number of aryl methyl sites for hydroxylation is 1. The van der Waals surface area contributed by atoms with E-state index >= 15 is 0 Å². The van der Waals surface area contributed by atoms with Crippen molar-refractivity contribution in [2.45, 2.75) is 17.9 Å². The fourth-order valence-corrected chi connectivity index (χ4v) is 5.65. The van der Waals surface area contributed by atoms with E-state index in [0.29, 0.717) is 13.2 Å². The molecule has 0 radical (unpaired) electrons. The second-order valence-electron chi connectivity index (χ2n) is 7.89. The monoisotopic (exact) mass is 484 g/mol. The molecule has 33 heavy (non-hydrogen) atoms. The molecular formula is C25H25ClN2O4S. The summed E-state index contributed by atoms with van der Waals surface area (Å²) in [6, 6.07) is 21.5. The number of benzene rings is 3. The van der Waals surface area contributed by atoms with Crippen molar-refractivity contribution < 1.29 is 17.9 Å². The predicted molar refractivity (Wildman–Crippen MR) is 128 cm³/mol. The van der Waals surface area contributed by atoms with Crippen molar-refractivity contribution in [1.29, 1.82) is 0 Å². The number of rotatable bonds is 6. The first kappa shape index (κ1) is 23.4. The largest absolute Gasteiger partial charge is 0.379 e. The number of carbonyl (C=O) groups excluding carboxylic acids is 1. The number of ether oxygens (including phenoxy) is 1. The van der Waals surface area contributed by atoms with Gasteiger partial charge in [0.2, 0.25) is 10.0 Å². The minimum Gasteiger partial charge on any atom is -0.379 e. The Bertz CT molecular complexity index is 1230. The molecular weight excluding hydrogens is 460 g/mol. The van der Waals surface area contributed by atoms with Gasteiger partial charge in [0.1, 0.15) is 4.90 Å². The molecule has 8 heteroatoms. The van der Waals surface area contributed by atoms with Crippen molar-refractivity contribution in [2.24, 2.45) is 0 Å². The van der Waals surface area contributed by atoms with Crippen LogP contribution in [-0.2, 0) is 14.8 Å². The van der Waals surface area contributed by atoms with Gasteiger partial charge in [-0.15, -0.1) is 0 Å². The topological polar surface area (TPSA) is 75.7 Å². The van der Waals surface area contributed by atoms with E-state index < -0.39 is 16.1 Å². The van der Waals surface area contributed by atoms with Crippen molar-refractivity contribution in [3.63, 3.8) is 0 Å². The van der Waals surface area contributed by atoms with Gasteiger partial charge >= 0.3 is 0 Å². The molecule has 1 N–H and O–H groups in total. The highest BCUT2D eigenvalue weighted by Gasteiger charge is 2.29. The number of carbonyl (C=O) groups is 1. The Morgan fingerprint density at radius 1 is 0.970 bits per heavy atom. The molecule has 0 spiro atoms. The van der Waals surface area contributed by atoms with Gasteiger partial charge in [0.05, 0.1) is 24.3 Å². The van der Waals surface area contributed by atoms with Gasteiger partial charge in [0.15, 0.2) is 0 Å². The first-order valence-electron chi connectivity index (χ1n) is 10.7. The van der Waals surface area contributed by atoms with Crippen LogP contribution in [0.5, 0.6) is 0 Å². The van der Waals surface area contributed by atoms with Crippen LogP contribution < -0.4 is 5.32 Å². The van der Waals surface area contributed by atoms with Crippen LogP contribution in [0.25, 0.3) is 0 Å². The Kier molecular flexibility index (Phi) is 7.14. The van der Waals surface area contributed by atoms with Crippen LogP contribution >= 0.6 is 11.6 Å². The number of halogens is 1. The van der Waals surface area contributed by atoms with E-state index in [9.17, 15) is 13.2 Å². The molecule has 6 nitrogen and oxygen atoms in total. The maximum Gasteiger partial charge on any atom is 0.252 e. The quantitative estimate of drug-likeness (QED) is 0.569. The summed E-state index contributed by atoms with van der Waals surface area (Å²) in [6.07, 6.45) is 0. The summed E-state index contributed by atoms with van der Waals surface area (Å²) in [5.74, 6) is -0.389. The van der Waals surface area contributed by atoms with Crippen molar-refractivity contribution in [1.82, 2.24) is 9.62 Å². The van der Waals surface area contributed by atoms with Crippen LogP contribution in [0.3, 0.4) is 0 Å². The summed E-state index contributed by atoms with van der Waals surface area (Å²) < 4.78 is 32.9. The third-order valence-electron chi connectivity index (χ3n) is 5.60. The molecule has 3 aromatic rings. The minimum atomic E-state index is -3.84. The van der Waals surface area contributed by atoms with Gasteiger partial charge in [-0.2, -0.15) is 4.31 Å². The summed E-state index contributed by atoms with van der Waals surface area (Å²) in [7, 11) is -3.84. The van der Waals surface area contributed by atoms with Crippen molar-refractivity contribution in [3.8, 4) is 0 Å². The highest BCUT2D eigenvalue weighted by atomic mass is 35.5. The Morgan fingerprint density at radius 3 is 2.27 bits per heavy atom.